The van der Waals surface area contributed by atoms with Gasteiger partial charge >= 0.3 is 5.97 Å². The molecule has 0 bridgehead atoms. The van der Waals surface area contributed by atoms with Crippen LogP contribution in [0.25, 0.3) is 10.9 Å². The number of carbonyl (C=O) groups is 1. The first kappa shape index (κ1) is 26.1. The van der Waals surface area contributed by atoms with Gasteiger partial charge in [0.1, 0.15) is 30.5 Å². The lowest BCUT2D eigenvalue weighted by atomic mass is 10.0. The number of halogens is 2. The average molecular weight is 573 g/mol. The van der Waals surface area contributed by atoms with Crippen LogP contribution < -0.4 is 9.47 Å². The lowest BCUT2D eigenvalue weighted by Crippen LogP contribution is -2.03. The van der Waals surface area contributed by atoms with Gasteiger partial charge in [0, 0.05) is 22.9 Å². The van der Waals surface area contributed by atoms with Crippen molar-refractivity contribution < 1.29 is 23.8 Å². The first-order valence-corrected chi connectivity index (χ1v) is 13.9. The van der Waals surface area contributed by atoms with Crippen molar-refractivity contribution in [2.75, 3.05) is 0 Å². The molecule has 3 heterocycles. The molecule has 1 N–H and O–H groups in total. The summed E-state index contributed by atoms with van der Waals surface area (Å²) in [6, 6.07) is 23.1. The standard InChI is InChI=1S/C31H22ClFN2O4S/c32-25-14-27-19(12-26(25)33)6-7-21(35-27)15-38-22-8-9-29-24(13-22)30(23-5-2-10-34-28(23)16-39-29)40-17-18-3-1-4-20(11-18)31(36)37/h1-14,30H,15-17H2,(H,36,37). The Kier molecular flexibility index (Phi) is 7.28. The summed E-state index contributed by atoms with van der Waals surface area (Å²) < 4.78 is 26.0. The highest BCUT2D eigenvalue weighted by molar-refractivity contribution is 7.99. The number of nitrogens with zero attached hydrogens (tertiary/aromatic N) is 2. The van der Waals surface area contributed by atoms with Crippen LogP contribution in [0.2, 0.25) is 5.02 Å². The van der Waals surface area contributed by atoms with Crippen LogP contribution in [0.3, 0.4) is 0 Å². The normalized spacial score (nSPS) is 14.1. The van der Waals surface area contributed by atoms with Gasteiger partial charge in [0.15, 0.2) is 0 Å². The number of benzene rings is 3. The predicted molar refractivity (Wildman–Crippen MR) is 153 cm³/mol. The SMILES string of the molecule is O=C(O)c1cccc(CSC2c3cc(OCc4ccc5cc(F)c(Cl)cc5n4)ccc3OCc3ncccc32)c1. The summed E-state index contributed by atoms with van der Waals surface area (Å²) >= 11 is 7.61. The third-order valence-corrected chi connectivity index (χ3v) is 8.23. The zero-order chi connectivity index (χ0) is 27.6. The van der Waals surface area contributed by atoms with Crippen molar-refractivity contribution in [1.82, 2.24) is 9.97 Å². The second-order valence-corrected chi connectivity index (χ2v) is 10.8. The van der Waals surface area contributed by atoms with Gasteiger partial charge < -0.3 is 14.6 Å². The van der Waals surface area contributed by atoms with Gasteiger partial charge in [-0.3, -0.25) is 4.98 Å². The number of thioether (sulfide) groups is 1. The molecule has 0 aliphatic carbocycles. The summed E-state index contributed by atoms with van der Waals surface area (Å²) in [4.78, 5) is 20.6. The highest BCUT2D eigenvalue weighted by Crippen LogP contribution is 2.46. The molecule has 6 nitrogen and oxygen atoms in total. The van der Waals surface area contributed by atoms with Gasteiger partial charge in [-0.2, -0.15) is 0 Å². The molecule has 1 atom stereocenters. The van der Waals surface area contributed by atoms with Gasteiger partial charge in [-0.15, -0.1) is 11.8 Å². The van der Waals surface area contributed by atoms with Crippen LogP contribution in [0.1, 0.15) is 43.7 Å². The third kappa shape index (κ3) is 5.46. The van der Waals surface area contributed by atoms with Gasteiger partial charge in [0.25, 0.3) is 0 Å². The number of carboxylic acids is 1. The molecule has 0 amide bonds. The molecule has 3 aromatic carbocycles. The average Bonchev–Trinajstić information content (AvgIpc) is 3.12. The molecule has 0 fully saturated rings. The summed E-state index contributed by atoms with van der Waals surface area (Å²) in [5.41, 5.74) is 5.28. The molecular formula is C31H22ClFN2O4S. The van der Waals surface area contributed by atoms with E-state index in [0.717, 1.165) is 28.1 Å². The second-order valence-electron chi connectivity index (χ2n) is 9.27. The zero-order valence-corrected chi connectivity index (χ0v) is 22.6. The molecule has 5 aromatic rings. The van der Waals surface area contributed by atoms with Crippen LogP contribution >= 0.6 is 23.4 Å². The van der Waals surface area contributed by atoms with E-state index in [1.54, 1.807) is 48.3 Å². The number of pyridine rings is 2. The maximum Gasteiger partial charge on any atom is 0.335 e. The number of hydrogen-bond donors (Lipinski definition) is 1. The zero-order valence-electron chi connectivity index (χ0n) is 21.0. The Morgan fingerprint density at radius 3 is 2.85 bits per heavy atom. The smallest absolute Gasteiger partial charge is 0.335 e. The van der Waals surface area contributed by atoms with E-state index in [-0.39, 0.29) is 22.4 Å². The topological polar surface area (TPSA) is 81.5 Å². The monoisotopic (exact) mass is 572 g/mol. The minimum atomic E-state index is -0.951. The molecule has 6 rings (SSSR count). The van der Waals surface area contributed by atoms with E-state index < -0.39 is 11.8 Å². The summed E-state index contributed by atoms with van der Waals surface area (Å²) in [6.07, 6.45) is 1.75. The Hall–Kier alpha value is -4.14. The van der Waals surface area contributed by atoms with Gasteiger partial charge in [0.2, 0.25) is 0 Å². The summed E-state index contributed by atoms with van der Waals surface area (Å²) in [7, 11) is 0. The Morgan fingerprint density at radius 1 is 1.07 bits per heavy atom. The van der Waals surface area contributed by atoms with Crippen molar-refractivity contribution >= 4 is 40.2 Å². The quantitative estimate of drug-likeness (QED) is 0.215. The summed E-state index contributed by atoms with van der Waals surface area (Å²) in [5, 5.41) is 9.96. The predicted octanol–water partition coefficient (Wildman–Crippen LogP) is 7.61. The summed E-state index contributed by atoms with van der Waals surface area (Å²) in [5.74, 6) is 0.544. The fourth-order valence-corrected chi connectivity index (χ4v) is 6.08. The first-order valence-electron chi connectivity index (χ1n) is 12.5. The van der Waals surface area contributed by atoms with Crippen LogP contribution in [0.15, 0.2) is 85.1 Å². The van der Waals surface area contributed by atoms with Crippen molar-refractivity contribution in [3.05, 3.63) is 130 Å². The Balaban J connectivity index is 1.28. The first-order chi connectivity index (χ1) is 19.4. The number of carboxylic acid groups (broad SMARTS) is 1. The molecule has 200 valence electrons. The highest BCUT2D eigenvalue weighted by Gasteiger charge is 2.26. The molecule has 0 saturated carbocycles. The minimum Gasteiger partial charge on any atom is -0.487 e. The number of hydrogen-bond acceptors (Lipinski definition) is 6. The Bertz CT molecular complexity index is 1750. The van der Waals surface area contributed by atoms with Crippen molar-refractivity contribution in [3.8, 4) is 11.5 Å². The van der Waals surface area contributed by atoms with E-state index in [1.807, 2.05) is 36.4 Å². The van der Waals surface area contributed by atoms with Crippen LogP contribution in [0.4, 0.5) is 4.39 Å². The van der Waals surface area contributed by atoms with E-state index in [1.165, 1.54) is 12.1 Å². The molecule has 1 unspecified atom stereocenters. The molecule has 1 aliphatic rings. The van der Waals surface area contributed by atoms with E-state index in [4.69, 9.17) is 21.1 Å². The molecule has 0 saturated heterocycles. The second kappa shape index (κ2) is 11.2. The lowest BCUT2D eigenvalue weighted by molar-refractivity contribution is 0.0696. The number of rotatable bonds is 7. The van der Waals surface area contributed by atoms with E-state index >= 15 is 0 Å². The molecule has 9 heteroatoms. The van der Waals surface area contributed by atoms with Crippen molar-refractivity contribution in [3.63, 3.8) is 0 Å². The van der Waals surface area contributed by atoms with Crippen LogP contribution in [0, 0.1) is 5.82 Å². The third-order valence-electron chi connectivity index (χ3n) is 6.60. The molecular weight excluding hydrogens is 551 g/mol. The minimum absolute atomic E-state index is 0.0248. The Labute approximate surface area is 238 Å². The van der Waals surface area contributed by atoms with Crippen LogP contribution in [-0.2, 0) is 19.0 Å². The van der Waals surface area contributed by atoms with Crippen molar-refractivity contribution in [2.24, 2.45) is 0 Å². The van der Waals surface area contributed by atoms with Crippen LogP contribution in [0.5, 0.6) is 11.5 Å². The van der Waals surface area contributed by atoms with Crippen LogP contribution in [-0.4, -0.2) is 21.0 Å². The lowest BCUT2D eigenvalue weighted by Gasteiger charge is -2.19. The molecule has 40 heavy (non-hydrogen) atoms. The fourth-order valence-electron chi connectivity index (χ4n) is 4.63. The van der Waals surface area contributed by atoms with Crippen molar-refractivity contribution in [2.45, 2.75) is 24.2 Å². The summed E-state index contributed by atoms with van der Waals surface area (Å²) in [6.45, 7) is 0.557. The van der Waals surface area contributed by atoms with Gasteiger partial charge in [-0.05, 0) is 65.7 Å². The fraction of sp³-hybridized carbons (Fsp3) is 0.129. The van der Waals surface area contributed by atoms with E-state index in [0.29, 0.717) is 34.7 Å². The Morgan fingerprint density at radius 2 is 1.98 bits per heavy atom. The maximum absolute atomic E-state index is 13.8. The molecule has 2 aromatic heterocycles. The number of aromatic carboxylic acids is 1. The van der Waals surface area contributed by atoms with Gasteiger partial charge in [-0.25, -0.2) is 14.2 Å². The maximum atomic E-state index is 13.8. The van der Waals surface area contributed by atoms with E-state index in [9.17, 15) is 14.3 Å². The number of ether oxygens (including phenoxy) is 2. The largest absolute Gasteiger partial charge is 0.487 e. The number of aromatic nitrogens is 2. The molecule has 0 spiro atoms. The number of fused-ring (bicyclic) bond motifs is 3. The highest BCUT2D eigenvalue weighted by atomic mass is 35.5. The van der Waals surface area contributed by atoms with Gasteiger partial charge in [0.05, 0.1) is 32.7 Å². The van der Waals surface area contributed by atoms with Crippen molar-refractivity contribution in [1.29, 1.82) is 0 Å². The molecule has 1 aliphatic heterocycles. The molecule has 0 radical (unpaired) electrons. The van der Waals surface area contributed by atoms with Gasteiger partial charge in [-0.1, -0.05) is 35.9 Å². The van der Waals surface area contributed by atoms with E-state index in [2.05, 4.69) is 9.97 Å².